The second kappa shape index (κ2) is 8.58. The number of hydrogen-bond donors (Lipinski definition) is 1. The smallest absolute Gasteiger partial charge is 0.343 e. The molecule has 3 rings (SSSR count). The summed E-state index contributed by atoms with van der Waals surface area (Å²) in [4.78, 5) is 24.4. The second-order valence-electron chi connectivity index (χ2n) is 5.86. The summed E-state index contributed by atoms with van der Waals surface area (Å²) in [5.74, 6) is -0.408. The molecule has 0 aliphatic carbocycles. The number of amides is 1. The minimum absolute atomic E-state index is 0.311. The molecule has 0 unspecified atom stereocenters. The number of esters is 1. The largest absolute Gasteiger partial charge is 0.422 e. The van der Waals surface area contributed by atoms with Crippen molar-refractivity contribution in [2.45, 2.75) is 6.92 Å². The molecule has 0 spiro atoms. The Morgan fingerprint density at radius 2 is 1.59 bits per heavy atom. The zero-order chi connectivity index (χ0) is 19.1. The lowest BCUT2D eigenvalue weighted by Crippen LogP contribution is -2.17. The summed E-state index contributed by atoms with van der Waals surface area (Å²) in [6.07, 6.45) is 1.45. The first-order chi connectivity index (χ1) is 13.1. The zero-order valence-electron chi connectivity index (χ0n) is 14.8. The molecule has 134 valence electrons. The van der Waals surface area contributed by atoms with Crippen molar-refractivity contribution in [3.63, 3.8) is 0 Å². The van der Waals surface area contributed by atoms with Gasteiger partial charge in [0.25, 0.3) is 5.91 Å². The van der Waals surface area contributed by atoms with Crippen LogP contribution in [0.2, 0.25) is 0 Å². The molecule has 0 heterocycles. The normalized spacial score (nSPS) is 10.6. The molecule has 0 saturated carbocycles. The van der Waals surface area contributed by atoms with Gasteiger partial charge in [-0.1, -0.05) is 48.0 Å². The van der Waals surface area contributed by atoms with E-state index in [9.17, 15) is 9.59 Å². The second-order valence-corrected chi connectivity index (χ2v) is 5.86. The molecule has 0 aliphatic heterocycles. The fraction of sp³-hybridized carbons (Fsp3) is 0.0455. The quantitative estimate of drug-likeness (QED) is 0.325. The number of carbonyl (C=O) groups is 2. The van der Waals surface area contributed by atoms with Crippen LogP contribution in [0.15, 0.2) is 84.0 Å². The van der Waals surface area contributed by atoms with Gasteiger partial charge in [0, 0.05) is 11.1 Å². The van der Waals surface area contributed by atoms with Crippen molar-refractivity contribution in [3.8, 4) is 5.75 Å². The Morgan fingerprint density at radius 1 is 0.889 bits per heavy atom. The predicted octanol–water partition coefficient (Wildman–Crippen LogP) is 3.98. The molecule has 0 fully saturated rings. The van der Waals surface area contributed by atoms with E-state index in [1.807, 2.05) is 25.1 Å². The molecule has 0 bridgehead atoms. The van der Waals surface area contributed by atoms with Gasteiger partial charge in [-0.05, 0) is 43.3 Å². The van der Waals surface area contributed by atoms with Crippen LogP contribution in [0.25, 0.3) is 0 Å². The van der Waals surface area contributed by atoms with Crippen molar-refractivity contribution in [1.82, 2.24) is 5.43 Å². The van der Waals surface area contributed by atoms with Crippen molar-refractivity contribution >= 4 is 18.1 Å². The van der Waals surface area contributed by atoms with E-state index in [0.717, 1.165) is 5.56 Å². The minimum atomic E-state index is -0.458. The fourth-order valence-electron chi connectivity index (χ4n) is 2.42. The summed E-state index contributed by atoms with van der Waals surface area (Å²) in [7, 11) is 0. The number of nitrogens with zero attached hydrogens (tertiary/aromatic N) is 1. The van der Waals surface area contributed by atoms with Crippen LogP contribution in [0.4, 0.5) is 0 Å². The standard InChI is InChI=1S/C22H18N2O3/c1-16-8-7-12-18(14-16)21(25)24-23-15-19-11-5-6-13-20(19)27-22(26)17-9-3-2-4-10-17/h2-15H,1H3,(H,24,25). The maximum Gasteiger partial charge on any atom is 0.343 e. The number of aryl methyl sites for hydroxylation is 1. The Kier molecular flexibility index (Phi) is 5.74. The number of nitrogens with one attached hydrogen (secondary N) is 1. The summed E-state index contributed by atoms with van der Waals surface area (Å²) < 4.78 is 5.45. The molecule has 0 atom stereocenters. The first-order valence-corrected chi connectivity index (χ1v) is 8.40. The molecule has 5 heteroatoms. The lowest BCUT2D eigenvalue weighted by Gasteiger charge is -2.07. The van der Waals surface area contributed by atoms with Gasteiger partial charge in [-0.25, -0.2) is 10.2 Å². The summed E-state index contributed by atoms with van der Waals surface area (Å²) in [5, 5.41) is 3.97. The van der Waals surface area contributed by atoms with Crippen molar-refractivity contribution in [2.24, 2.45) is 5.10 Å². The topological polar surface area (TPSA) is 67.8 Å². The molecule has 1 N–H and O–H groups in total. The van der Waals surface area contributed by atoms with Crippen LogP contribution in [0.3, 0.4) is 0 Å². The van der Waals surface area contributed by atoms with Crippen LogP contribution >= 0.6 is 0 Å². The van der Waals surface area contributed by atoms with E-state index >= 15 is 0 Å². The van der Waals surface area contributed by atoms with E-state index in [2.05, 4.69) is 10.5 Å². The van der Waals surface area contributed by atoms with Gasteiger partial charge in [0.05, 0.1) is 11.8 Å². The molecule has 0 saturated heterocycles. The maximum absolute atomic E-state index is 12.2. The molecule has 0 aliphatic rings. The maximum atomic E-state index is 12.2. The SMILES string of the molecule is Cc1cccc(C(=O)NN=Cc2ccccc2OC(=O)c2ccccc2)c1. The number of benzene rings is 3. The highest BCUT2D eigenvalue weighted by molar-refractivity contribution is 5.96. The monoisotopic (exact) mass is 358 g/mol. The number of rotatable bonds is 5. The van der Waals surface area contributed by atoms with Gasteiger partial charge < -0.3 is 4.74 Å². The van der Waals surface area contributed by atoms with Gasteiger partial charge in [-0.2, -0.15) is 5.10 Å². The molecule has 27 heavy (non-hydrogen) atoms. The lowest BCUT2D eigenvalue weighted by atomic mass is 10.1. The minimum Gasteiger partial charge on any atom is -0.422 e. The Balaban J connectivity index is 1.69. The third-order valence-corrected chi connectivity index (χ3v) is 3.78. The average Bonchev–Trinajstić information content (AvgIpc) is 2.70. The first kappa shape index (κ1) is 18.1. The molecular formula is C22H18N2O3. The van der Waals surface area contributed by atoms with Crippen molar-refractivity contribution < 1.29 is 14.3 Å². The van der Waals surface area contributed by atoms with Gasteiger partial charge in [0.1, 0.15) is 5.75 Å². The Hall–Kier alpha value is -3.73. The van der Waals surface area contributed by atoms with Crippen LogP contribution in [0.5, 0.6) is 5.75 Å². The van der Waals surface area contributed by atoms with Crippen molar-refractivity contribution in [1.29, 1.82) is 0 Å². The van der Waals surface area contributed by atoms with E-state index in [1.165, 1.54) is 6.21 Å². The van der Waals surface area contributed by atoms with Gasteiger partial charge in [0.15, 0.2) is 0 Å². The van der Waals surface area contributed by atoms with Gasteiger partial charge in [-0.3, -0.25) is 4.79 Å². The number of carbonyl (C=O) groups excluding carboxylic acids is 2. The van der Waals surface area contributed by atoms with E-state index in [4.69, 9.17) is 4.74 Å². The van der Waals surface area contributed by atoms with Crippen molar-refractivity contribution in [2.75, 3.05) is 0 Å². The van der Waals surface area contributed by atoms with Crippen LogP contribution in [-0.4, -0.2) is 18.1 Å². The summed E-state index contributed by atoms with van der Waals surface area (Å²) >= 11 is 0. The van der Waals surface area contributed by atoms with Crippen LogP contribution < -0.4 is 10.2 Å². The highest BCUT2D eigenvalue weighted by atomic mass is 16.5. The highest BCUT2D eigenvalue weighted by Crippen LogP contribution is 2.17. The van der Waals surface area contributed by atoms with Crippen LogP contribution in [-0.2, 0) is 0 Å². The fourth-order valence-corrected chi connectivity index (χ4v) is 2.42. The van der Waals surface area contributed by atoms with E-state index in [0.29, 0.717) is 22.4 Å². The molecule has 3 aromatic rings. The molecule has 3 aromatic carbocycles. The summed E-state index contributed by atoms with van der Waals surface area (Å²) in [6.45, 7) is 1.91. The van der Waals surface area contributed by atoms with E-state index in [1.54, 1.807) is 60.7 Å². The summed E-state index contributed by atoms with van der Waals surface area (Å²) in [6, 6.07) is 22.9. The molecule has 0 aromatic heterocycles. The zero-order valence-corrected chi connectivity index (χ0v) is 14.8. The first-order valence-electron chi connectivity index (χ1n) is 8.40. The number of para-hydroxylation sites is 1. The van der Waals surface area contributed by atoms with Crippen molar-refractivity contribution in [3.05, 3.63) is 101 Å². The Morgan fingerprint density at radius 3 is 2.37 bits per heavy atom. The summed E-state index contributed by atoms with van der Waals surface area (Å²) in [5.41, 5.74) is 5.02. The lowest BCUT2D eigenvalue weighted by molar-refractivity contribution is 0.0734. The predicted molar refractivity (Wildman–Crippen MR) is 104 cm³/mol. The highest BCUT2D eigenvalue weighted by Gasteiger charge is 2.10. The van der Waals surface area contributed by atoms with Crippen LogP contribution in [0.1, 0.15) is 31.8 Å². The van der Waals surface area contributed by atoms with E-state index in [-0.39, 0.29) is 5.91 Å². The Bertz CT molecular complexity index is 982. The van der Waals surface area contributed by atoms with Gasteiger partial charge in [-0.15, -0.1) is 0 Å². The molecule has 5 nitrogen and oxygen atoms in total. The third kappa shape index (κ3) is 4.89. The number of hydrazone groups is 1. The number of ether oxygens (including phenoxy) is 1. The van der Waals surface area contributed by atoms with Crippen LogP contribution in [0, 0.1) is 6.92 Å². The van der Waals surface area contributed by atoms with Gasteiger partial charge in [0.2, 0.25) is 0 Å². The third-order valence-electron chi connectivity index (χ3n) is 3.78. The molecule has 0 radical (unpaired) electrons. The number of hydrogen-bond acceptors (Lipinski definition) is 4. The average molecular weight is 358 g/mol. The molecular weight excluding hydrogens is 340 g/mol. The van der Waals surface area contributed by atoms with E-state index < -0.39 is 5.97 Å². The van der Waals surface area contributed by atoms with Gasteiger partial charge >= 0.3 is 5.97 Å². The molecule has 1 amide bonds. The Labute approximate surface area is 157 Å².